The van der Waals surface area contributed by atoms with Crippen LogP contribution in [0.25, 0.3) is 0 Å². The molecular weight excluding hydrogens is 190 g/mol. The maximum atomic E-state index is 5.20. The first-order chi connectivity index (χ1) is 7.31. The van der Waals surface area contributed by atoms with Crippen LogP contribution in [-0.4, -0.2) is 27.0 Å². The molecule has 0 amide bonds. The third-order valence-corrected chi connectivity index (χ3v) is 2.00. The standard InChI is InChI=1S/C12H17NO2/c1-4-7-13-9-10-5-6-11(14-2)12(8-10)15-3/h5-6,8-9H,4,7H2,1-3H3. The lowest BCUT2D eigenvalue weighted by atomic mass is 10.2. The Morgan fingerprint density at radius 3 is 2.53 bits per heavy atom. The van der Waals surface area contributed by atoms with E-state index in [1.54, 1.807) is 14.2 Å². The van der Waals surface area contributed by atoms with Gasteiger partial charge in [0, 0.05) is 12.8 Å². The van der Waals surface area contributed by atoms with E-state index in [1.807, 2.05) is 24.4 Å². The van der Waals surface area contributed by atoms with E-state index >= 15 is 0 Å². The average molecular weight is 207 g/mol. The van der Waals surface area contributed by atoms with Gasteiger partial charge in [0.15, 0.2) is 11.5 Å². The Hall–Kier alpha value is -1.51. The Morgan fingerprint density at radius 1 is 1.20 bits per heavy atom. The van der Waals surface area contributed by atoms with Gasteiger partial charge >= 0.3 is 0 Å². The molecule has 0 fully saturated rings. The van der Waals surface area contributed by atoms with Crippen LogP contribution in [0.5, 0.6) is 11.5 Å². The van der Waals surface area contributed by atoms with Gasteiger partial charge in [-0.05, 0) is 30.2 Å². The predicted octanol–water partition coefficient (Wildman–Crippen LogP) is 2.53. The van der Waals surface area contributed by atoms with Crippen molar-refractivity contribution in [2.24, 2.45) is 4.99 Å². The van der Waals surface area contributed by atoms with Crippen LogP contribution >= 0.6 is 0 Å². The molecule has 1 rings (SSSR count). The van der Waals surface area contributed by atoms with E-state index in [2.05, 4.69) is 11.9 Å². The number of ether oxygens (including phenoxy) is 2. The van der Waals surface area contributed by atoms with Crippen LogP contribution in [0.15, 0.2) is 23.2 Å². The highest BCUT2D eigenvalue weighted by Gasteiger charge is 2.02. The molecular formula is C12H17NO2. The Balaban J connectivity index is 2.83. The molecule has 0 unspecified atom stereocenters. The van der Waals surface area contributed by atoms with Crippen molar-refractivity contribution in [1.82, 2.24) is 0 Å². The smallest absolute Gasteiger partial charge is 0.161 e. The number of methoxy groups -OCH3 is 2. The van der Waals surface area contributed by atoms with Gasteiger partial charge in [0.1, 0.15) is 0 Å². The summed E-state index contributed by atoms with van der Waals surface area (Å²) < 4.78 is 10.3. The van der Waals surface area contributed by atoms with Crippen molar-refractivity contribution in [2.45, 2.75) is 13.3 Å². The van der Waals surface area contributed by atoms with E-state index in [4.69, 9.17) is 9.47 Å². The second-order valence-electron chi connectivity index (χ2n) is 3.15. The summed E-state index contributed by atoms with van der Waals surface area (Å²) in [6.07, 6.45) is 2.91. The largest absolute Gasteiger partial charge is 0.493 e. The minimum Gasteiger partial charge on any atom is -0.493 e. The minimum atomic E-state index is 0.734. The van der Waals surface area contributed by atoms with Gasteiger partial charge in [-0.15, -0.1) is 0 Å². The highest BCUT2D eigenvalue weighted by atomic mass is 16.5. The lowest BCUT2D eigenvalue weighted by Crippen LogP contribution is -1.92. The normalized spacial score (nSPS) is 10.6. The van der Waals surface area contributed by atoms with Crippen LogP contribution in [0.2, 0.25) is 0 Å². The van der Waals surface area contributed by atoms with Crippen LogP contribution in [0.4, 0.5) is 0 Å². The lowest BCUT2D eigenvalue weighted by molar-refractivity contribution is 0.355. The molecule has 0 atom stereocenters. The molecule has 0 aliphatic rings. The van der Waals surface area contributed by atoms with Gasteiger partial charge in [-0.25, -0.2) is 0 Å². The van der Waals surface area contributed by atoms with Gasteiger partial charge in [-0.2, -0.15) is 0 Å². The first-order valence-electron chi connectivity index (χ1n) is 5.03. The van der Waals surface area contributed by atoms with Crippen molar-refractivity contribution < 1.29 is 9.47 Å². The van der Waals surface area contributed by atoms with Gasteiger partial charge in [0.2, 0.25) is 0 Å². The number of aliphatic imine (C=N–C) groups is 1. The second-order valence-corrected chi connectivity index (χ2v) is 3.15. The molecule has 82 valence electrons. The van der Waals surface area contributed by atoms with Gasteiger partial charge in [-0.1, -0.05) is 6.92 Å². The number of hydrogen-bond acceptors (Lipinski definition) is 3. The summed E-state index contributed by atoms with van der Waals surface area (Å²) >= 11 is 0. The Bertz CT molecular complexity index is 334. The topological polar surface area (TPSA) is 30.8 Å². The van der Waals surface area contributed by atoms with E-state index in [9.17, 15) is 0 Å². The van der Waals surface area contributed by atoms with E-state index in [-0.39, 0.29) is 0 Å². The minimum absolute atomic E-state index is 0.734. The molecule has 0 radical (unpaired) electrons. The Labute approximate surface area is 90.7 Å². The van der Waals surface area contributed by atoms with E-state index in [1.165, 1.54) is 0 Å². The fourth-order valence-corrected chi connectivity index (χ4v) is 1.23. The second kappa shape index (κ2) is 6.06. The molecule has 0 heterocycles. The summed E-state index contributed by atoms with van der Waals surface area (Å²) in [4.78, 5) is 4.27. The number of rotatable bonds is 5. The SMILES string of the molecule is CCCN=Cc1ccc(OC)c(OC)c1. The quantitative estimate of drug-likeness (QED) is 0.695. The highest BCUT2D eigenvalue weighted by molar-refractivity contribution is 5.80. The zero-order chi connectivity index (χ0) is 11.1. The summed E-state index contributed by atoms with van der Waals surface area (Å²) in [6.45, 7) is 2.96. The molecule has 0 saturated carbocycles. The summed E-state index contributed by atoms with van der Waals surface area (Å²) in [5.41, 5.74) is 1.03. The number of benzene rings is 1. The predicted molar refractivity (Wildman–Crippen MR) is 62.3 cm³/mol. The first kappa shape index (κ1) is 11.6. The maximum absolute atomic E-state index is 5.20. The molecule has 0 aromatic heterocycles. The monoisotopic (exact) mass is 207 g/mol. The van der Waals surface area contributed by atoms with Crippen molar-refractivity contribution >= 4 is 6.21 Å². The summed E-state index contributed by atoms with van der Waals surface area (Å²) in [7, 11) is 3.26. The number of hydrogen-bond donors (Lipinski definition) is 0. The summed E-state index contributed by atoms with van der Waals surface area (Å²) in [6, 6.07) is 5.75. The summed E-state index contributed by atoms with van der Waals surface area (Å²) in [5.74, 6) is 1.48. The van der Waals surface area contributed by atoms with Crippen LogP contribution in [-0.2, 0) is 0 Å². The van der Waals surface area contributed by atoms with E-state index in [0.29, 0.717) is 0 Å². The molecule has 3 nitrogen and oxygen atoms in total. The van der Waals surface area contributed by atoms with Crippen molar-refractivity contribution in [1.29, 1.82) is 0 Å². The molecule has 1 aromatic carbocycles. The van der Waals surface area contributed by atoms with Crippen LogP contribution in [0, 0.1) is 0 Å². The number of nitrogens with zero attached hydrogens (tertiary/aromatic N) is 1. The van der Waals surface area contributed by atoms with Crippen LogP contribution in [0.1, 0.15) is 18.9 Å². The zero-order valence-corrected chi connectivity index (χ0v) is 9.49. The summed E-state index contributed by atoms with van der Waals surface area (Å²) in [5, 5.41) is 0. The maximum Gasteiger partial charge on any atom is 0.161 e. The zero-order valence-electron chi connectivity index (χ0n) is 9.49. The lowest BCUT2D eigenvalue weighted by Gasteiger charge is -2.07. The first-order valence-corrected chi connectivity index (χ1v) is 5.03. The molecule has 0 bridgehead atoms. The van der Waals surface area contributed by atoms with Crippen LogP contribution < -0.4 is 9.47 Å². The van der Waals surface area contributed by atoms with Gasteiger partial charge in [0.25, 0.3) is 0 Å². The molecule has 3 heteroatoms. The van der Waals surface area contributed by atoms with Crippen LogP contribution in [0.3, 0.4) is 0 Å². The van der Waals surface area contributed by atoms with Gasteiger partial charge in [0.05, 0.1) is 14.2 Å². The molecule has 0 spiro atoms. The average Bonchev–Trinajstić information content (AvgIpc) is 2.29. The van der Waals surface area contributed by atoms with Crippen molar-refractivity contribution in [3.05, 3.63) is 23.8 Å². The molecule has 0 saturated heterocycles. The Morgan fingerprint density at radius 2 is 1.93 bits per heavy atom. The molecule has 0 aliphatic carbocycles. The molecule has 0 N–H and O–H groups in total. The Kier molecular flexibility index (Phi) is 4.68. The highest BCUT2D eigenvalue weighted by Crippen LogP contribution is 2.26. The molecule has 1 aromatic rings. The fraction of sp³-hybridized carbons (Fsp3) is 0.417. The third kappa shape index (κ3) is 3.27. The van der Waals surface area contributed by atoms with E-state index in [0.717, 1.165) is 30.0 Å². The van der Waals surface area contributed by atoms with Crippen molar-refractivity contribution in [2.75, 3.05) is 20.8 Å². The fourth-order valence-electron chi connectivity index (χ4n) is 1.23. The third-order valence-electron chi connectivity index (χ3n) is 2.00. The molecule has 15 heavy (non-hydrogen) atoms. The van der Waals surface area contributed by atoms with Crippen molar-refractivity contribution in [3.8, 4) is 11.5 Å². The van der Waals surface area contributed by atoms with E-state index < -0.39 is 0 Å². The van der Waals surface area contributed by atoms with Gasteiger partial charge < -0.3 is 9.47 Å². The van der Waals surface area contributed by atoms with Crippen molar-refractivity contribution in [3.63, 3.8) is 0 Å². The molecule has 0 aliphatic heterocycles. The van der Waals surface area contributed by atoms with Gasteiger partial charge in [-0.3, -0.25) is 4.99 Å².